The van der Waals surface area contributed by atoms with Gasteiger partial charge in [0.05, 0.1) is 18.8 Å². The number of carbonyl (C=O) groups excluding carboxylic acids is 2. The lowest BCUT2D eigenvalue weighted by atomic mass is 10.1. The van der Waals surface area contributed by atoms with E-state index in [1.54, 1.807) is 6.92 Å². The van der Waals surface area contributed by atoms with Crippen molar-refractivity contribution in [2.24, 2.45) is 0 Å². The van der Waals surface area contributed by atoms with E-state index < -0.39 is 11.9 Å². The molecule has 1 aliphatic heterocycles. The van der Waals surface area contributed by atoms with Gasteiger partial charge >= 0.3 is 0 Å². The van der Waals surface area contributed by atoms with Crippen LogP contribution in [0.4, 0.5) is 0 Å². The lowest BCUT2D eigenvalue weighted by Crippen LogP contribution is -2.55. The zero-order valence-corrected chi connectivity index (χ0v) is 11.7. The van der Waals surface area contributed by atoms with E-state index in [-0.39, 0.29) is 36.1 Å². The first kappa shape index (κ1) is 15.1. The first-order chi connectivity index (χ1) is 10.0. The van der Waals surface area contributed by atoms with E-state index in [0.29, 0.717) is 13.2 Å². The highest BCUT2D eigenvalue weighted by atomic mass is 16.5. The van der Waals surface area contributed by atoms with Crippen molar-refractivity contribution in [3.8, 4) is 11.5 Å². The second kappa shape index (κ2) is 6.45. The molecule has 0 aromatic heterocycles. The fourth-order valence-corrected chi connectivity index (χ4v) is 2.21. The molecule has 1 aromatic carbocycles. The fourth-order valence-electron chi connectivity index (χ4n) is 2.21. The Kier molecular flexibility index (Phi) is 4.64. The summed E-state index contributed by atoms with van der Waals surface area (Å²) in [5.74, 6) is -1.21. The van der Waals surface area contributed by atoms with Gasteiger partial charge in [0.15, 0.2) is 0 Å². The number of rotatable bonds is 3. The van der Waals surface area contributed by atoms with Crippen molar-refractivity contribution in [1.82, 2.24) is 10.2 Å². The van der Waals surface area contributed by atoms with Crippen molar-refractivity contribution >= 4 is 11.8 Å². The van der Waals surface area contributed by atoms with Gasteiger partial charge in [-0.25, -0.2) is 0 Å². The number of aromatic hydroxyl groups is 2. The van der Waals surface area contributed by atoms with Gasteiger partial charge < -0.3 is 25.2 Å². The molecular formula is C14H18N2O5. The summed E-state index contributed by atoms with van der Waals surface area (Å²) in [6.45, 7) is 2.97. The highest BCUT2D eigenvalue weighted by Gasteiger charge is 2.34. The van der Waals surface area contributed by atoms with Gasteiger partial charge in [-0.2, -0.15) is 0 Å². The average molecular weight is 294 g/mol. The number of phenolic OH excluding ortho intramolecular Hbond substituents is 2. The highest BCUT2D eigenvalue weighted by molar-refractivity contribution is 5.99. The summed E-state index contributed by atoms with van der Waals surface area (Å²) in [6, 6.07) is 3.01. The standard InChI is InChI=1S/C14H18N2O5/c1-2-15-13(19)11-8-21-6-5-16(11)14(20)10-4-3-9(17)7-12(10)18/h3-4,7,11,17-18H,2,5-6,8H2,1H3,(H,15,19). The van der Waals surface area contributed by atoms with E-state index in [1.165, 1.54) is 17.0 Å². The van der Waals surface area contributed by atoms with Gasteiger partial charge in [-0.05, 0) is 19.1 Å². The fraction of sp³-hybridized carbons (Fsp3) is 0.429. The molecule has 21 heavy (non-hydrogen) atoms. The van der Waals surface area contributed by atoms with Crippen molar-refractivity contribution in [3.63, 3.8) is 0 Å². The number of carbonyl (C=O) groups is 2. The van der Waals surface area contributed by atoms with Gasteiger partial charge in [-0.3, -0.25) is 9.59 Å². The molecule has 1 heterocycles. The molecule has 0 radical (unpaired) electrons. The summed E-state index contributed by atoms with van der Waals surface area (Å²) in [5, 5.41) is 21.7. The van der Waals surface area contributed by atoms with E-state index in [1.807, 2.05) is 0 Å². The summed E-state index contributed by atoms with van der Waals surface area (Å²) < 4.78 is 5.26. The molecule has 1 atom stereocenters. The molecule has 1 aromatic rings. The predicted molar refractivity (Wildman–Crippen MR) is 74.1 cm³/mol. The number of likely N-dealkylation sites (N-methyl/N-ethyl adjacent to an activating group) is 1. The number of amides is 2. The number of hydrogen-bond donors (Lipinski definition) is 3. The van der Waals surface area contributed by atoms with E-state index in [4.69, 9.17) is 4.74 Å². The second-order valence-corrected chi connectivity index (χ2v) is 4.69. The van der Waals surface area contributed by atoms with Crippen LogP contribution in [-0.4, -0.2) is 59.3 Å². The number of benzene rings is 1. The quantitative estimate of drug-likeness (QED) is 0.733. The van der Waals surface area contributed by atoms with Crippen LogP contribution < -0.4 is 5.32 Å². The molecule has 0 spiro atoms. The Balaban J connectivity index is 2.24. The van der Waals surface area contributed by atoms with E-state index in [0.717, 1.165) is 6.07 Å². The van der Waals surface area contributed by atoms with Crippen LogP contribution in [0.15, 0.2) is 18.2 Å². The Bertz CT molecular complexity index is 546. The van der Waals surface area contributed by atoms with Crippen molar-refractivity contribution in [1.29, 1.82) is 0 Å². The van der Waals surface area contributed by atoms with Crippen LogP contribution in [-0.2, 0) is 9.53 Å². The van der Waals surface area contributed by atoms with Crippen LogP contribution in [0.25, 0.3) is 0 Å². The third-order valence-corrected chi connectivity index (χ3v) is 3.25. The molecule has 1 unspecified atom stereocenters. The van der Waals surface area contributed by atoms with Crippen LogP contribution in [0, 0.1) is 0 Å². The van der Waals surface area contributed by atoms with Gasteiger partial charge in [0.2, 0.25) is 5.91 Å². The Labute approximate surface area is 122 Å². The lowest BCUT2D eigenvalue weighted by Gasteiger charge is -2.34. The van der Waals surface area contributed by atoms with Gasteiger partial charge in [-0.1, -0.05) is 0 Å². The summed E-state index contributed by atoms with van der Waals surface area (Å²) in [4.78, 5) is 25.9. The number of nitrogens with one attached hydrogen (secondary N) is 1. The number of nitrogens with zero attached hydrogens (tertiary/aromatic N) is 1. The normalized spacial score (nSPS) is 18.3. The van der Waals surface area contributed by atoms with Crippen molar-refractivity contribution in [2.45, 2.75) is 13.0 Å². The maximum absolute atomic E-state index is 12.5. The van der Waals surface area contributed by atoms with Gasteiger partial charge in [-0.15, -0.1) is 0 Å². The first-order valence-corrected chi connectivity index (χ1v) is 6.73. The first-order valence-electron chi connectivity index (χ1n) is 6.73. The zero-order valence-electron chi connectivity index (χ0n) is 11.7. The Morgan fingerprint density at radius 3 is 2.86 bits per heavy atom. The van der Waals surface area contributed by atoms with Crippen LogP contribution >= 0.6 is 0 Å². The summed E-state index contributed by atoms with van der Waals surface area (Å²) in [7, 11) is 0. The molecule has 1 aliphatic rings. The largest absolute Gasteiger partial charge is 0.508 e. The molecule has 3 N–H and O–H groups in total. The lowest BCUT2D eigenvalue weighted by molar-refractivity contribution is -0.130. The smallest absolute Gasteiger partial charge is 0.258 e. The minimum atomic E-state index is -0.723. The maximum atomic E-state index is 12.5. The Morgan fingerprint density at radius 2 is 2.19 bits per heavy atom. The number of phenols is 2. The summed E-state index contributed by atoms with van der Waals surface area (Å²) in [6.07, 6.45) is 0. The summed E-state index contributed by atoms with van der Waals surface area (Å²) >= 11 is 0. The molecule has 7 nitrogen and oxygen atoms in total. The summed E-state index contributed by atoms with van der Waals surface area (Å²) in [5.41, 5.74) is 0.0454. The van der Waals surface area contributed by atoms with Gasteiger partial charge in [0.1, 0.15) is 17.5 Å². The van der Waals surface area contributed by atoms with Crippen LogP contribution in [0.3, 0.4) is 0 Å². The average Bonchev–Trinajstić information content (AvgIpc) is 2.47. The second-order valence-electron chi connectivity index (χ2n) is 4.69. The zero-order chi connectivity index (χ0) is 15.4. The van der Waals surface area contributed by atoms with Crippen LogP contribution in [0.5, 0.6) is 11.5 Å². The van der Waals surface area contributed by atoms with Crippen molar-refractivity contribution in [3.05, 3.63) is 23.8 Å². The van der Waals surface area contributed by atoms with Crippen molar-refractivity contribution in [2.75, 3.05) is 26.3 Å². The molecule has 1 saturated heterocycles. The molecule has 1 fully saturated rings. The van der Waals surface area contributed by atoms with E-state index in [9.17, 15) is 19.8 Å². The van der Waals surface area contributed by atoms with Crippen molar-refractivity contribution < 1.29 is 24.5 Å². The highest BCUT2D eigenvalue weighted by Crippen LogP contribution is 2.25. The topological polar surface area (TPSA) is 99.1 Å². The van der Waals surface area contributed by atoms with Gasteiger partial charge in [0.25, 0.3) is 5.91 Å². The molecule has 114 valence electrons. The third-order valence-electron chi connectivity index (χ3n) is 3.25. The van der Waals surface area contributed by atoms with Crippen LogP contribution in [0.1, 0.15) is 17.3 Å². The maximum Gasteiger partial charge on any atom is 0.258 e. The minimum absolute atomic E-state index is 0.0454. The predicted octanol–water partition coefficient (Wildman–Crippen LogP) is 0.0749. The number of hydrogen-bond acceptors (Lipinski definition) is 5. The monoisotopic (exact) mass is 294 g/mol. The Hall–Kier alpha value is -2.28. The van der Waals surface area contributed by atoms with Gasteiger partial charge in [0, 0.05) is 19.2 Å². The molecular weight excluding hydrogens is 276 g/mol. The number of morpholine rings is 1. The SMILES string of the molecule is CCNC(=O)C1COCCN1C(=O)c1ccc(O)cc1O. The minimum Gasteiger partial charge on any atom is -0.508 e. The molecule has 0 aliphatic carbocycles. The molecule has 0 bridgehead atoms. The molecule has 7 heteroatoms. The van der Waals surface area contributed by atoms with E-state index in [2.05, 4.69) is 5.32 Å². The molecule has 2 amide bonds. The molecule has 2 rings (SSSR count). The molecule has 0 saturated carbocycles. The van der Waals surface area contributed by atoms with Crippen LogP contribution in [0.2, 0.25) is 0 Å². The Morgan fingerprint density at radius 1 is 1.43 bits per heavy atom. The third kappa shape index (κ3) is 3.25. The van der Waals surface area contributed by atoms with E-state index >= 15 is 0 Å². The number of ether oxygens (including phenoxy) is 1.